The van der Waals surface area contributed by atoms with Crippen LogP contribution in [0.4, 0.5) is 0 Å². The minimum absolute atomic E-state index is 1.22. The molecule has 0 radical (unpaired) electrons. The van der Waals surface area contributed by atoms with E-state index in [-0.39, 0.29) is 0 Å². The fourth-order valence-electron chi connectivity index (χ4n) is 5.85. The van der Waals surface area contributed by atoms with Crippen molar-refractivity contribution in [3.05, 3.63) is 158 Å². The van der Waals surface area contributed by atoms with Crippen LogP contribution in [0.15, 0.2) is 158 Å². The minimum atomic E-state index is 1.22. The van der Waals surface area contributed by atoms with Crippen molar-refractivity contribution in [2.75, 3.05) is 0 Å². The molecule has 5 aromatic rings. The van der Waals surface area contributed by atoms with Crippen molar-refractivity contribution >= 4 is 10.8 Å². The van der Waals surface area contributed by atoms with Crippen LogP contribution >= 0.6 is 0 Å². The van der Waals surface area contributed by atoms with Crippen LogP contribution in [-0.2, 0) is 0 Å². The van der Waals surface area contributed by atoms with E-state index in [2.05, 4.69) is 158 Å². The lowest BCUT2D eigenvalue weighted by molar-refractivity contribution is 1.57. The average molecular weight is 483 g/mol. The predicted molar refractivity (Wildman–Crippen MR) is 162 cm³/mol. The van der Waals surface area contributed by atoms with E-state index in [4.69, 9.17) is 0 Å². The van der Waals surface area contributed by atoms with Crippen molar-refractivity contribution in [1.82, 2.24) is 0 Å². The lowest BCUT2D eigenvalue weighted by atomic mass is 9.79. The number of benzene rings is 5. The summed E-state index contributed by atoms with van der Waals surface area (Å²) in [6, 6.07) is 56.9. The smallest absolute Gasteiger partial charge is 0.00137 e. The Kier molecular flexibility index (Phi) is 5.57. The first-order valence-electron chi connectivity index (χ1n) is 13.1. The first-order chi connectivity index (χ1) is 18.9. The van der Waals surface area contributed by atoms with Crippen LogP contribution in [0.25, 0.3) is 66.4 Å². The summed E-state index contributed by atoms with van der Waals surface area (Å²) in [5.74, 6) is 0. The molecule has 38 heavy (non-hydrogen) atoms. The Hall–Kier alpha value is -4.94. The summed E-state index contributed by atoms with van der Waals surface area (Å²) in [5.41, 5.74) is 12.5. The Morgan fingerprint density at radius 3 is 1.08 bits per heavy atom. The van der Waals surface area contributed by atoms with Crippen molar-refractivity contribution in [3.63, 3.8) is 0 Å². The summed E-state index contributed by atoms with van der Waals surface area (Å²) in [6.07, 6.45) is 0. The molecule has 0 unspecified atom stereocenters. The van der Waals surface area contributed by atoms with E-state index in [0.29, 0.717) is 0 Å². The summed E-state index contributed by atoms with van der Waals surface area (Å²) >= 11 is 0. The van der Waals surface area contributed by atoms with Gasteiger partial charge in [0.1, 0.15) is 0 Å². The lowest BCUT2D eigenvalue weighted by Crippen LogP contribution is -1.96. The second-order valence-electron chi connectivity index (χ2n) is 9.68. The number of hydrogen-bond acceptors (Lipinski definition) is 0. The Morgan fingerprint density at radius 2 is 0.605 bits per heavy atom. The molecule has 0 saturated carbocycles. The average Bonchev–Trinajstić information content (AvgIpc) is 3.18. The van der Waals surface area contributed by atoms with Crippen LogP contribution in [-0.4, -0.2) is 0 Å². The molecular weight excluding hydrogens is 456 g/mol. The molecule has 0 fully saturated rings. The summed E-state index contributed by atoms with van der Waals surface area (Å²) < 4.78 is 0. The molecule has 0 aromatic heterocycles. The third kappa shape index (κ3) is 3.70. The van der Waals surface area contributed by atoms with Crippen LogP contribution in [0.5, 0.6) is 0 Å². The molecule has 0 nitrogen and oxygen atoms in total. The van der Waals surface area contributed by atoms with E-state index < -0.39 is 0 Å². The molecule has 2 aliphatic rings. The largest absolute Gasteiger partial charge is 0.0622 e. The summed E-state index contributed by atoms with van der Waals surface area (Å²) in [4.78, 5) is 0. The normalized spacial score (nSPS) is 11.2. The first-order valence-corrected chi connectivity index (χ1v) is 13.1. The maximum Gasteiger partial charge on any atom is -0.00137 e. The zero-order valence-corrected chi connectivity index (χ0v) is 21.0. The van der Waals surface area contributed by atoms with Gasteiger partial charge in [-0.1, -0.05) is 152 Å². The van der Waals surface area contributed by atoms with Crippen molar-refractivity contribution in [3.8, 4) is 55.6 Å². The molecule has 0 spiro atoms. The third-order valence-corrected chi connectivity index (χ3v) is 7.43. The fraction of sp³-hybridized carbons (Fsp3) is 0. The molecular formula is C38H26. The number of rotatable bonds is 4. The maximum absolute atomic E-state index is 2.39. The molecule has 0 heterocycles. The summed E-state index contributed by atoms with van der Waals surface area (Å²) in [5, 5.41) is 2.59. The van der Waals surface area contributed by atoms with Gasteiger partial charge in [0.05, 0.1) is 0 Å². The number of fused-ring (bicyclic) bond motifs is 3. The highest BCUT2D eigenvalue weighted by Gasteiger charge is 2.26. The van der Waals surface area contributed by atoms with Crippen LogP contribution < -0.4 is 0 Å². The highest BCUT2D eigenvalue weighted by Crippen LogP contribution is 2.54. The molecule has 0 bridgehead atoms. The van der Waals surface area contributed by atoms with Gasteiger partial charge in [-0.05, 0) is 72.5 Å². The SMILES string of the molecule is c1ccc(-c2c(-c3ccccc3)c(-c3ccccc3)c3c4cccccc-4cc3c2-c2ccccc2)cc1. The third-order valence-electron chi connectivity index (χ3n) is 7.43. The van der Waals surface area contributed by atoms with Crippen LogP contribution in [0, 0.1) is 0 Å². The molecule has 0 aliphatic heterocycles. The molecule has 178 valence electrons. The van der Waals surface area contributed by atoms with Gasteiger partial charge >= 0.3 is 0 Å². The fourth-order valence-corrected chi connectivity index (χ4v) is 5.85. The summed E-state index contributed by atoms with van der Waals surface area (Å²) in [7, 11) is 0. The van der Waals surface area contributed by atoms with E-state index in [1.807, 2.05) is 0 Å². The van der Waals surface area contributed by atoms with Gasteiger partial charge in [-0.15, -0.1) is 0 Å². The molecule has 2 aliphatic carbocycles. The number of hydrogen-bond donors (Lipinski definition) is 0. The van der Waals surface area contributed by atoms with E-state index in [0.717, 1.165) is 0 Å². The zero-order chi connectivity index (χ0) is 25.3. The molecule has 7 rings (SSSR count). The lowest BCUT2D eigenvalue weighted by Gasteiger charge is -2.23. The van der Waals surface area contributed by atoms with Crippen molar-refractivity contribution in [1.29, 1.82) is 0 Å². The van der Waals surface area contributed by atoms with E-state index >= 15 is 0 Å². The van der Waals surface area contributed by atoms with Gasteiger partial charge in [0.2, 0.25) is 0 Å². The van der Waals surface area contributed by atoms with E-state index in [9.17, 15) is 0 Å². The highest BCUT2D eigenvalue weighted by molar-refractivity contribution is 6.24. The Morgan fingerprint density at radius 1 is 0.263 bits per heavy atom. The first kappa shape index (κ1) is 22.3. The van der Waals surface area contributed by atoms with Gasteiger partial charge in [0, 0.05) is 0 Å². The van der Waals surface area contributed by atoms with Crippen molar-refractivity contribution in [2.45, 2.75) is 0 Å². The van der Waals surface area contributed by atoms with Gasteiger partial charge in [-0.25, -0.2) is 0 Å². The van der Waals surface area contributed by atoms with E-state index in [1.165, 1.54) is 66.4 Å². The van der Waals surface area contributed by atoms with Gasteiger partial charge < -0.3 is 0 Å². The monoisotopic (exact) mass is 482 g/mol. The molecule has 0 saturated heterocycles. The highest BCUT2D eigenvalue weighted by atomic mass is 14.3. The molecule has 0 atom stereocenters. The molecule has 0 N–H and O–H groups in total. The predicted octanol–water partition coefficient (Wildman–Crippen LogP) is 10.6. The van der Waals surface area contributed by atoms with Gasteiger partial charge in [0.15, 0.2) is 0 Å². The van der Waals surface area contributed by atoms with Gasteiger partial charge in [-0.2, -0.15) is 0 Å². The van der Waals surface area contributed by atoms with Crippen LogP contribution in [0.2, 0.25) is 0 Å². The molecule has 0 amide bonds. The summed E-state index contributed by atoms with van der Waals surface area (Å²) in [6.45, 7) is 0. The minimum Gasteiger partial charge on any atom is -0.0622 e. The second-order valence-corrected chi connectivity index (χ2v) is 9.68. The topological polar surface area (TPSA) is 0 Å². The second kappa shape index (κ2) is 9.50. The molecule has 0 heteroatoms. The maximum atomic E-state index is 2.39. The Balaban J connectivity index is 1.80. The zero-order valence-electron chi connectivity index (χ0n) is 21.0. The van der Waals surface area contributed by atoms with Crippen molar-refractivity contribution in [2.24, 2.45) is 0 Å². The van der Waals surface area contributed by atoms with Crippen LogP contribution in [0.3, 0.4) is 0 Å². The Labute approximate surface area is 223 Å². The van der Waals surface area contributed by atoms with Crippen LogP contribution in [0.1, 0.15) is 0 Å². The van der Waals surface area contributed by atoms with E-state index in [1.54, 1.807) is 0 Å². The van der Waals surface area contributed by atoms with Crippen molar-refractivity contribution < 1.29 is 0 Å². The van der Waals surface area contributed by atoms with Gasteiger partial charge in [0.25, 0.3) is 0 Å². The molecule has 5 aromatic carbocycles. The standard InChI is InChI=1S/C38H26/c1-6-16-27(17-7-1)34-33-26-31-24-14-5-15-25-32(31)38(33)37(30-22-12-4-13-23-30)36(29-20-10-3-11-21-29)35(34)28-18-8-2-9-19-28/h1-26H. The van der Waals surface area contributed by atoms with Gasteiger partial charge in [-0.3, -0.25) is 0 Å². The quantitative estimate of drug-likeness (QED) is 0.234. The Bertz CT molecular complexity index is 1820.